The molecule has 35 heavy (non-hydrogen) atoms. The van der Waals surface area contributed by atoms with Crippen molar-refractivity contribution in [2.75, 3.05) is 6.61 Å². The molecule has 0 saturated heterocycles. The number of nitrogens with one attached hydrogen (secondary N) is 2. The van der Waals surface area contributed by atoms with Crippen LogP contribution in [0.4, 0.5) is 0 Å². The van der Waals surface area contributed by atoms with Crippen molar-refractivity contribution in [1.82, 2.24) is 20.7 Å². The Bertz CT molecular complexity index is 934. The highest BCUT2D eigenvalue weighted by atomic mass is 16.5. The molecule has 7 nitrogen and oxygen atoms in total. The minimum Gasteiger partial charge on any atom is -0.379 e. The zero-order chi connectivity index (χ0) is 25.5. The largest absolute Gasteiger partial charge is 0.379 e. The lowest BCUT2D eigenvalue weighted by atomic mass is 9.78. The van der Waals surface area contributed by atoms with Crippen molar-refractivity contribution in [3.05, 3.63) is 46.8 Å². The Labute approximate surface area is 210 Å². The predicted molar refractivity (Wildman–Crippen MR) is 138 cm³/mol. The number of amides is 1. The number of ether oxygens (including phenoxy) is 2. The van der Waals surface area contributed by atoms with E-state index in [0.717, 1.165) is 62.1 Å². The average Bonchev–Trinajstić information content (AvgIpc) is 3.20. The summed E-state index contributed by atoms with van der Waals surface area (Å²) < 4.78 is 12.0. The molecule has 0 radical (unpaired) electrons. The Morgan fingerprint density at radius 2 is 1.86 bits per heavy atom. The molecule has 1 atom stereocenters. The molecule has 1 heterocycles. The second-order valence-electron chi connectivity index (χ2n) is 11.6. The molecule has 0 spiro atoms. The highest BCUT2D eigenvalue weighted by Gasteiger charge is 2.30. The molecule has 1 unspecified atom stereocenters. The number of hydrogen-bond acceptors (Lipinski definition) is 5. The molecular weight excluding hydrogens is 440 g/mol. The lowest BCUT2D eigenvalue weighted by molar-refractivity contribution is 0.0277. The number of carbonyl (C=O) groups is 1. The van der Waals surface area contributed by atoms with Gasteiger partial charge in [0.2, 0.25) is 0 Å². The fraction of sp³-hybridized carbons (Fsp3) is 0.679. The van der Waals surface area contributed by atoms with E-state index in [1.807, 2.05) is 24.3 Å². The van der Waals surface area contributed by atoms with Gasteiger partial charge in [0.1, 0.15) is 11.8 Å². The number of nitrogens with zero attached hydrogens (tertiary/aromatic N) is 2. The van der Waals surface area contributed by atoms with Crippen molar-refractivity contribution >= 4 is 5.91 Å². The zero-order valence-corrected chi connectivity index (χ0v) is 22.4. The number of aryl methyl sites for hydroxylation is 1. The molecule has 0 bridgehead atoms. The molecule has 0 fully saturated rings. The van der Waals surface area contributed by atoms with E-state index < -0.39 is 0 Å². The standard InChI is InChI=1S/C28H44N4O3/c1-20(2)34-17-16-27(3,4)19-28(5,6)29-26(33)22-14-12-21(13-15-22)18-35-24-11-9-7-8-10-23-25(24)31-32-30-23/h12-15,20,24H,7-11,16-19H2,1-6H3,(H,29,33)(H,30,31,32). The van der Waals surface area contributed by atoms with Crippen LogP contribution in [0.1, 0.15) is 113 Å². The van der Waals surface area contributed by atoms with Gasteiger partial charge in [0, 0.05) is 17.7 Å². The Kier molecular flexibility index (Phi) is 9.47. The summed E-state index contributed by atoms with van der Waals surface area (Å²) in [5.74, 6) is -0.0519. The Balaban J connectivity index is 1.52. The molecule has 0 aliphatic heterocycles. The Morgan fingerprint density at radius 3 is 2.57 bits per heavy atom. The van der Waals surface area contributed by atoms with Gasteiger partial charge < -0.3 is 14.8 Å². The number of aromatic nitrogens is 3. The first-order valence-electron chi connectivity index (χ1n) is 13.1. The van der Waals surface area contributed by atoms with E-state index in [9.17, 15) is 4.79 Å². The van der Waals surface area contributed by atoms with Crippen LogP contribution in [0.25, 0.3) is 0 Å². The number of fused-ring (bicyclic) bond motifs is 1. The van der Waals surface area contributed by atoms with Crippen LogP contribution in [0.5, 0.6) is 0 Å². The fourth-order valence-corrected chi connectivity index (χ4v) is 5.03. The van der Waals surface area contributed by atoms with Crippen LogP contribution in [0, 0.1) is 5.41 Å². The fourth-order valence-electron chi connectivity index (χ4n) is 5.03. The maximum absolute atomic E-state index is 13.0. The highest BCUT2D eigenvalue weighted by Crippen LogP contribution is 2.32. The summed E-state index contributed by atoms with van der Waals surface area (Å²) >= 11 is 0. The minimum absolute atomic E-state index is 0.0397. The summed E-state index contributed by atoms with van der Waals surface area (Å²) in [6.07, 6.45) is 7.40. The summed E-state index contributed by atoms with van der Waals surface area (Å²) in [7, 11) is 0. The minimum atomic E-state index is -0.326. The summed E-state index contributed by atoms with van der Waals surface area (Å²) in [6, 6.07) is 7.71. The van der Waals surface area contributed by atoms with Crippen LogP contribution >= 0.6 is 0 Å². The zero-order valence-electron chi connectivity index (χ0n) is 22.4. The van der Waals surface area contributed by atoms with Gasteiger partial charge in [0.25, 0.3) is 5.91 Å². The van der Waals surface area contributed by atoms with Crippen LogP contribution in [-0.4, -0.2) is 39.6 Å². The van der Waals surface area contributed by atoms with Crippen LogP contribution in [0.15, 0.2) is 24.3 Å². The van der Waals surface area contributed by atoms with Gasteiger partial charge in [-0.1, -0.05) is 38.8 Å². The van der Waals surface area contributed by atoms with Gasteiger partial charge in [-0.2, -0.15) is 15.4 Å². The van der Waals surface area contributed by atoms with E-state index in [2.05, 4.69) is 62.3 Å². The smallest absolute Gasteiger partial charge is 0.251 e. The van der Waals surface area contributed by atoms with Crippen LogP contribution in [0.3, 0.4) is 0 Å². The van der Waals surface area contributed by atoms with Crippen molar-refractivity contribution in [3.63, 3.8) is 0 Å². The SMILES string of the molecule is CC(C)OCCC(C)(C)CC(C)(C)NC(=O)c1ccc(COC2CCCCCc3n[nH]nc32)cc1. The van der Waals surface area contributed by atoms with E-state index in [0.29, 0.717) is 12.2 Å². The molecule has 1 aliphatic rings. The number of H-pyrrole nitrogens is 1. The van der Waals surface area contributed by atoms with Crippen LogP contribution in [0.2, 0.25) is 0 Å². The van der Waals surface area contributed by atoms with Gasteiger partial charge >= 0.3 is 0 Å². The van der Waals surface area contributed by atoms with Gasteiger partial charge in [-0.15, -0.1) is 0 Å². The van der Waals surface area contributed by atoms with E-state index in [4.69, 9.17) is 9.47 Å². The van der Waals surface area contributed by atoms with Crippen LogP contribution in [-0.2, 0) is 22.5 Å². The number of rotatable bonds is 11. The van der Waals surface area contributed by atoms with E-state index >= 15 is 0 Å². The van der Waals surface area contributed by atoms with Crippen molar-refractivity contribution in [3.8, 4) is 0 Å². The lowest BCUT2D eigenvalue weighted by Gasteiger charge is -2.36. The maximum atomic E-state index is 13.0. The van der Waals surface area contributed by atoms with Crippen molar-refractivity contribution in [1.29, 1.82) is 0 Å². The number of benzene rings is 1. The molecule has 194 valence electrons. The third-order valence-corrected chi connectivity index (χ3v) is 6.61. The second kappa shape index (κ2) is 12.1. The van der Waals surface area contributed by atoms with Gasteiger partial charge in [-0.3, -0.25) is 4.79 Å². The van der Waals surface area contributed by atoms with Gasteiger partial charge in [0.15, 0.2) is 0 Å². The summed E-state index contributed by atoms with van der Waals surface area (Å²) in [6.45, 7) is 14.0. The molecule has 2 N–H and O–H groups in total. The third-order valence-electron chi connectivity index (χ3n) is 6.61. The molecule has 7 heteroatoms. The monoisotopic (exact) mass is 484 g/mol. The second-order valence-corrected chi connectivity index (χ2v) is 11.6. The van der Waals surface area contributed by atoms with Crippen molar-refractivity contribution in [2.45, 2.75) is 111 Å². The topological polar surface area (TPSA) is 89.1 Å². The Hall–Kier alpha value is -2.25. The van der Waals surface area contributed by atoms with E-state index in [-0.39, 0.29) is 29.1 Å². The van der Waals surface area contributed by atoms with Crippen molar-refractivity contribution < 1.29 is 14.3 Å². The maximum Gasteiger partial charge on any atom is 0.251 e. The molecule has 1 aliphatic carbocycles. The molecule has 3 rings (SSSR count). The van der Waals surface area contributed by atoms with E-state index in [1.165, 1.54) is 6.42 Å². The number of aromatic amines is 1. The number of carbonyl (C=O) groups excluding carboxylic acids is 1. The first-order valence-corrected chi connectivity index (χ1v) is 13.1. The van der Waals surface area contributed by atoms with Gasteiger partial charge in [-0.05, 0) is 82.9 Å². The summed E-state index contributed by atoms with van der Waals surface area (Å²) in [4.78, 5) is 13.0. The molecule has 2 aromatic rings. The highest BCUT2D eigenvalue weighted by molar-refractivity contribution is 5.94. The molecular formula is C28H44N4O3. The van der Waals surface area contributed by atoms with Crippen LogP contribution < -0.4 is 5.32 Å². The third kappa shape index (κ3) is 8.73. The average molecular weight is 485 g/mol. The normalized spacial score (nSPS) is 17.1. The van der Waals surface area contributed by atoms with Gasteiger partial charge in [-0.25, -0.2) is 0 Å². The summed E-state index contributed by atoms with van der Waals surface area (Å²) in [5.41, 5.74) is 3.41. The number of hydrogen-bond donors (Lipinski definition) is 2. The molecule has 0 saturated carbocycles. The lowest BCUT2D eigenvalue weighted by Crippen LogP contribution is -2.46. The Morgan fingerprint density at radius 1 is 1.11 bits per heavy atom. The predicted octanol–water partition coefficient (Wildman–Crippen LogP) is 5.92. The van der Waals surface area contributed by atoms with Gasteiger partial charge in [0.05, 0.1) is 18.4 Å². The first kappa shape index (κ1) is 27.3. The van der Waals surface area contributed by atoms with E-state index in [1.54, 1.807) is 0 Å². The molecule has 1 aromatic carbocycles. The molecule has 1 aromatic heterocycles. The van der Waals surface area contributed by atoms with Crippen molar-refractivity contribution in [2.24, 2.45) is 5.41 Å². The molecule has 1 amide bonds. The summed E-state index contributed by atoms with van der Waals surface area (Å²) in [5, 5.41) is 14.6. The first-order chi connectivity index (χ1) is 16.5. The quantitative estimate of drug-likeness (QED) is 0.413.